The van der Waals surface area contributed by atoms with E-state index in [0.717, 1.165) is 11.3 Å². The van der Waals surface area contributed by atoms with E-state index < -0.39 is 0 Å². The van der Waals surface area contributed by atoms with Crippen LogP contribution in [0, 0.1) is 12.7 Å². The van der Waals surface area contributed by atoms with E-state index >= 15 is 0 Å². The molecule has 0 aromatic heterocycles. The van der Waals surface area contributed by atoms with E-state index in [-0.39, 0.29) is 17.5 Å². The minimum atomic E-state index is -0.284. The average Bonchev–Trinajstić information content (AvgIpc) is 2.25. The van der Waals surface area contributed by atoms with Gasteiger partial charge < -0.3 is 10.1 Å². The Labute approximate surface area is 111 Å². The van der Waals surface area contributed by atoms with Crippen LogP contribution in [0.2, 0.25) is 0 Å². The predicted molar refractivity (Wildman–Crippen MR) is 73.0 cm³/mol. The molecule has 1 aromatic carbocycles. The molecule has 1 N–H and O–H groups in total. The highest BCUT2D eigenvalue weighted by atomic mass is 79.9. The summed E-state index contributed by atoms with van der Waals surface area (Å²) in [6.07, 6.45) is 0. The molecule has 1 atom stereocenters. The highest BCUT2D eigenvalue weighted by Gasteiger charge is 2.25. The van der Waals surface area contributed by atoms with Crippen LogP contribution in [0.15, 0.2) is 16.6 Å². The van der Waals surface area contributed by atoms with Gasteiger partial charge in [0.15, 0.2) is 0 Å². The lowest BCUT2D eigenvalue weighted by atomic mass is 9.99. The van der Waals surface area contributed by atoms with Crippen molar-refractivity contribution in [1.29, 1.82) is 0 Å². The summed E-state index contributed by atoms with van der Waals surface area (Å²) in [6, 6.07) is 3.38. The molecule has 0 aliphatic heterocycles. The summed E-state index contributed by atoms with van der Waals surface area (Å²) in [7, 11) is 1.69. The molecule has 1 aromatic rings. The molecule has 0 saturated carbocycles. The maximum absolute atomic E-state index is 13.3. The molecule has 0 aliphatic carbocycles. The van der Waals surface area contributed by atoms with Crippen molar-refractivity contribution in [3.05, 3.63) is 28.0 Å². The second-order valence-electron chi connectivity index (χ2n) is 4.75. The third-order valence-corrected chi connectivity index (χ3v) is 3.82. The molecule has 0 spiro atoms. The first-order valence-corrected chi connectivity index (χ1v) is 6.34. The number of anilines is 1. The van der Waals surface area contributed by atoms with E-state index in [1.165, 1.54) is 6.07 Å². The Bertz CT molecular complexity index is 407. The molecule has 0 bridgehead atoms. The average molecular weight is 304 g/mol. The molecule has 1 rings (SSSR count). The lowest BCUT2D eigenvalue weighted by molar-refractivity contribution is 0.0107. The summed E-state index contributed by atoms with van der Waals surface area (Å²) in [6.45, 7) is 7.95. The number of rotatable bonds is 4. The molecule has 4 heteroatoms. The van der Waals surface area contributed by atoms with Crippen molar-refractivity contribution in [3.63, 3.8) is 0 Å². The molecule has 17 heavy (non-hydrogen) atoms. The molecule has 0 radical (unpaired) electrons. The number of aryl methyl sites for hydroxylation is 1. The highest BCUT2D eigenvalue weighted by Crippen LogP contribution is 2.26. The van der Waals surface area contributed by atoms with E-state index in [4.69, 9.17) is 4.74 Å². The molecule has 0 amide bonds. The quantitative estimate of drug-likeness (QED) is 0.903. The smallest absolute Gasteiger partial charge is 0.137 e. The van der Waals surface area contributed by atoms with Gasteiger partial charge in [-0.15, -0.1) is 0 Å². The number of benzene rings is 1. The maximum atomic E-state index is 13.3. The number of halogens is 2. The van der Waals surface area contributed by atoms with E-state index in [1.54, 1.807) is 13.2 Å². The fourth-order valence-corrected chi connectivity index (χ4v) is 1.73. The van der Waals surface area contributed by atoms with Crippen molar-refractivity contribution in [3.8, 4) is 0 Å². The van der Waals surface area contributed by atoms with E-state index in [1.807, 2.05) is 27.7 Å². The van der Waals surface area contributed by atoms with Gasteiger partial charge in [-0.25, -0.2) is 4.39 Å². The van der Waals surface area contributed by atoms with Crippen LogP contribution in [0.25, 0.3) is 0 Å². The largest absolute Gasteiger partial charge is 0.379 e. The summed E-state index contributed by atoms with van der Waals surface area (Å²) < 4.78 is 19.2. The van der Waals surface area contributed by atoms with Gasteiger partial charge in [0.25, 0.3) is 0 Å². The van der Waals surface area contributed by atoms with E-state index in [0.29, 0.717) is 4.47 Å². The number of hydrogen-bond donors (Lipinski definition) is 1. The van der Waals surface area contributed by atoms with Crippen molar-refractivity contribution >= 4 is 21.6 Å². The summed E-state index contributed by atoms with van der Waals surface area (Å²) in [4.78, 5) is 0. The minimum absolute atomic E-state index is 0.114. The maximum Gasteiger partial charge on any atom is 0.137 e. The van der Waals surface area contributed by atoms with Gasteiger partial charge in [-0.1, -0.05) is 0 Å². The summed E-state index contributed by atoms with van der Waals surface area (Å²) in [5.41, 5.74) is 1.51. The third-order valence-electron chi connectivity index (χ3n) is 3.21. The van der Waals surface area contributed by atoms with Crippen LogP contribution in [-0.4, -0.2) is 18.8 Å². The van der Waals surface area contributed by atoms with Gasteiger partial charge in [0.2, 0.25) is 0 Å². The van der Waals surface area contributed by atoms with Gasteiger partial charge in [-0.2, -0.15) is 0 Å². The van der Waals surface area contributed by atoms with Gasteiger partial charge >= 0.3 is 0 Å². The van der Waals surface area contributed by atoms with E-state index in [9.17, 15) is 4.39 Å². The van der Waals surface area contributed by atoms with Crippen LogP contribution < -0.4 is 5.32 Å². The van der Waals surface area contributed by atoms with E-state index in [2.05, 4.69) is 21.2 Å². The van der Waals surface area contributed by atoms with Gasteiger partial charge in [-0.3, -0.25) is 0 Å². The van der Waals surface area contributed by atoms with Gasteiger partial charge in [-0.05, 0) is 61.3 Å². The highest BCUT2D eigenvalue weighted by molar-refractivity contribution is 9.10. The molecular weight excluding hydrogens is 285 g/mol. The monoisotopic (exact) mass is 303 g/mol. The van der Waals surface area contributed by atoms with Crippen LogP contribution in [0.5, 0.6) is 0 Å². The Balaban J connectivity index is 2.93. The Morgan fingerprint density at radius 2 is 2.00 bits per heavy atom. The minimum Gasteiger partial charge on any atom is -0.379 e. The molecule has 0 fully saturated rings. The van der Waals surface area contributed by atoms with Crippen molar-refractivity contribution < 1.29 is 9.13 Å². The molecular formula is C13H19BrFNO. The van der Waals surface area contributed by atoms with Crippen molar-refractivity contribution in [2.75, 3.05) is 12.4 Å². The summed E-state index contributed by atoms with van der Waals surface area (Å²) in [5, 5.41) is 3.35. The SMILES string of the molecule is COC(C)(C)C(C)Nc1cc(Br)c(F)cc1C. The molecule has 0 aliphatic rings. The number of methoxy groups -OCH3 is 1. The zero-order valence-corrected chi connectivity index (χ0v) is 12.5. The van der Waals surface area contributed by atoms with Crippen LogP contribution in [-0.2, 0) is 4.74 Å². The lowest BCUT2D eigenvalue weighted by Gasteiger charge is -2.32. The fourth-order valence-electron chi connectivity index (χ4n) is 1.39. The normalized spacial score (nSPS) is 13.6. The Morgan fingerprint density at radius 3 is 2.53 bits per heavy atom. The number of hydrogen-bond acceptors (Lipinski definition) is 2. The first kappa shape index (κ1) is 14.5. The van der Waals surface area contributed by atoms with Crippen molar-refractivity contribution in [1.82, 2.24) is 0 Å². The van der Waals surface area contributed by atoms with Crippen LogP contribution in [0.1, 0.15) is 26.3 Å². The molecule has 2 nitrogen and oxygen atoms in total. The second kappa shape index (κ2) is 5.36. The predicted octanol–water partition coefficient (Wildman–Crippen LogP) is 4.12. The fraction of sp³-hybridized carbons (Fsp3) is 0.538. The Kier molecular flexibility index (Phi) is 4.55. The first-order valence-electron chi connectivity index (χ1n) is 5.55. The third kappa shape index (κ3) is 3.42. The molecule has 0 heterocycles. The van der Waals surface area contributed by atoms with Gasteiger partial charge in [0.05, 0.1) is 16.1 Å². The van der Waals surface area contributed by atoms with Gasteiger partial charge in [0.1, 0.15) is 5.82 Å². The molecule has 96 valence electrons. The molecule has 1 unspecified atom stereocenters. The number of nitrogens with one attached hydrogen (secondary N) is 1. The summed E-state index contributed by atoms with van der Waals surface area (Å²) in [5.74, 6) is -0.244. The van der Waals surface area contributed by atoms with Crippen molar-refractivity contribution in [2.24, 2.45) is 0 Å². The lowest BCUT2D eigenvalue weighted by Crippen LogP contribution is -2.41. The molecule has 0 saturated heterocycles. The van der Waals surface area contributed by atoms with Gasteiger partial charge in [0, 0.05) is 12.8 Å². The first-order chi connectivity index (χ1) is 7.77. The van der Waals surface area contributed by atoms with Crippen LogP contribution in [0.4, 0.5) is 10.1 Å². The Morgan fingerprint density at radius 1 is 1.41 bits per heavy atom. The zero-order valence-electron chi connectivity index (χ0n) is 10.9. The van der Waals surface area contributed by atoms with Crippen LogP contribution in [0.3, 0.4) is 0 Å². The van der Waals surface area contributed by atoms with Crippen LogP contribution >= 0.6 is 15.9 Å². The van der Waals surface area contributed by atoms with Crippen molar-refractivity contribution in [2.45, 2.75) is 39.3 Å². The Hall–Kier alpha value is -0.610. The number of ether oxygens (including phenoxy) is 1. The second-order valence-corrected chi connectivity index (χ2v) is 5.61. The summed E-state index contributed by atoms with van der Waals surface area (Å²) >= 11 is 3.19. The zero-order chi connectivity index (χ0) is 13.2. The standard InChI is InChI=1S/C13H19BrFNO/c1-8-6-11(15)10(14)7-12(8)16-9(2)13(3,4)17-5/h6-7,9,16H,1-5H3. The topological polar surface area (TPSA) is 21.3 Å².